The molecule has 0 aliphatic heterocycles. The molecule has 0 spiro atoms. The first-order valence-electron chi connectivity index (χ1n) is 7.43. The number of carbonyl (C=O) groups excluding carboxylic acids is 1. The van der Waals surface area contributed by atoms with Crippen LogP contribution in [-0.4, -0.2) is 17.4 Å². The molecule has 0 aromatic heterocycles. The second kappa shape index (κ2) is 5.95. The molecule has 0 atom stereocenters. The van der Waals surface area contributed by atoms with Gasteiger partial charge in [-0.2, -0.15) is 0 Å². The fourth-order valence-corrected chi connectivity index (χ4v) is 3.10. The van der Waals surface area contributed by atoms with E-state index in [4.69, 9.17) is 9.47 Å². The molecule has 0 rings (SSSR count). The van der Waals surface area contributed by atoms with E-state index in [0.717, 1.165) is 12.8 Å². The first-order valence-corrected chi connectivity index (χ1v) is 7.43. The largest absolute Gasteiger partial charge is 0.509 e. The fraction of sp³-hybridized carbons (Fsp3) is 0.941. The minimum atomic E-state index is -0.575. The Morgan fingerprint density at radius 3 is 1.10 bits per heavy atom. The average molecular weight is 286 g/mol. The molecule has 0 N–H and O–H groups in total. The topological polar surface area (TPSA) is 35.5 Å². The Labute approximate surface area is 125 Å². The van der Waals surface area contributed by atoms with E-state index in [-0.39, 0.29) is 10.8 Å². The van der Waals surface area contributed by atoms with Gasteiger partial charge in [-0.3, -0.25) is 0 Å². The summed E-state index contributed by atoms with van der Waals surface area (Å²) < 4.78 is 11.0. The van der Waals surface area contributed by atoms with Crippen LogP contribution in [0.1, 0.15) is 82.1 Å². The average Bonchev–Trinajstić information content (AvgIpc) is 1.86. The molecule has 0 aromatic carbocycles. The molecule has 0 radical (unpaired) electrons. The van der Waals surface area contributed by atoms with Gasteiger partial charge in [0.15, 0.2) is 0 Å². The van der Waals surface area contributed by atoms with Crippen LogP contribution in [0.25, 0.3) is 0 Å². The molecule has 0 aliphatic carbocycles. The molecule has 3 heteroatoms. The van der Waals surface area contributed by atoms with Gasteiger partial charge in [-0.15, -0.1) is 0 Å². The Morgan fingerprint density at radius 1 is 0.650 bits per heavy atom. The van der Waals surface area contributed by atoms with Gasteiger partial charge in [0.1, 0.15) is 11.2 Å². The van der Waals surface area contributed by atoms with Crippen LogP contribution in [0.3, 0.4) is 0 Å². The Morgan fingerprint density at radius 2 is 0.900 bits per heavy atom. The molecule has 0 heterocycles. The molecule has 0 bridgehead atoms. The molecule has 20 heavy (non-hydrogen) atoms. The van der Waals surface area contributed by atoms with Crippen molar-refractivity contribution in [2.24, 2.45) is 10.8 Å². The zero-order valence-corrected chi connectivity index (χ0v) is 15.1. The lowest BCUT2D eigenvalue weighted by Gasteiger charge is -2.35. The summed E-state index contributed by atoms with van der Waals surface area (Å²) in [5, 5.41) is 0. The number of carbonyl (C=O) groups is 1. The summed E-state index contributed by atoms with van der Waals surface area (Å²) in [5.41, 5.74) is -0.838. The zero-order valence-electron chi connectivity index (χ0n) is 15.1. The first kappa shape index (κ1) is 19.3. The Hall–Kier alpha value is -0.730. The minimum absolute atomic E-state index is 0.102. The molecule has 0 saturated heterocycles. The van der Waals surface area contributed by atoms with Crippen LogP contribution in [0.15, 0.2) is 0 Å². The van der Waals surface area contributed by atoms with Crippen LogP contribution < -0.4 is 0 Å². The Bertz CT molecular complexity index is 295. The van der Waals surface area contributed by atoms with Gasteiger partial charge in [-0.1, -0.05) is 41.5 Å². The van der Waals surface area contributed by atoms with Gasteiger partial charge < -0.3 is 9.47 Å². The second-order valence-electron chi connectivity index (χ2n) is 9.45. The lowest BCUT2D eigenvalue weighted by Crippen LogP contribution is -2.38. The highest BCUT2D eigenvalue weighted by molar-refractivity contribution is 5.61. The smallest absolute Gasteiger partial charge is 0.428 e. The highest BCUT2D eigenvalue weighted by Gasteiger charge is 2.34. The summed E-state index contributed by atoms with van der Waals surface area (Å²) in [6, 6.07) is 0. The molecule has 120 valence electrons. The van der Waals surface area contributed by atoms with E-state index in [9.17, 15) is 4.79 Å². The van der Waals surface area contributed by atoms with Crippen molar-refractivity contribution in [1.29, 1.82) is 0 Å². The maximum absolute atomic E-state index is 12.0. The minimum Gasteiger partial charge on any atom is -0.428 e. The van der Waals surface area contributed by atoms with Crippen molar-refractivity contribution in [1.82, 2.24) is 0 Å². The predicted octanol–water partition coefficient (Wildman–Crippen LogP) is 5.57. The van der Waals surface area contributed by atoms with E-state index in [2.05, 4.69) is 41.5 Å². The van der Waals surface area contributed by atoms with Crippen LogP contribution in [0.2, 0.25) is 0 Å². The maximum Gasteiger partial charge on any atom is 0.509 e. The SMILES string of the molecule is CC(C)(C)CC(C)(C)OC(=O)OC(C)(C)CC(C)(C)C. The van der Waals surface area contributed by atoms with Gasteiger partial charge in [0.2, 0.25) is 0 Å². The standard InChI is InChI=1S/C17H34O3/c1-14(2,3)11-16(7,8)19-13(18)20-17(9,10)12-15(4,5)6/h11-12H2,1-10H3. The quantitative estimate of drug-likeness (QED) is 0.634. The van der Waals surface area contributed by atoms with Gasteiger partial charge in [-0.05, 0) is 51.4 Å². The summed E-state index contributed by atoms with van der Waals surface area (Å²) in [4.78, 5) is 12.0. The molecule has 0 aromatic rings. The third-order valence-corrected chi connectivity index (χ3v) is 2.63. The molecular formula is C17H34O3. The van der Waals surface area contributed by atoms with Gasteiger partial charge >= 0.3 is 6.16 Å². The van der Waals surface area contributed by atoms with Gasteiger partial charge in [0, 0.05) is 0 Å². The summed E-state index contributed by atoms with van der Waals surface area (Å²) in [6.07, 6.45) is 0.998. The Balaban J connectivity index is 4.56. The summed E-state index contributed by atoms with van der Waals surface area (Å²) in [7, 11) is 0. The van der Waals surface area contributed by atoms with E-state index < -0.39 is 17.4 Å². The van der Waals surface area contributed by atoms with Gasteiger partial charge in [0.05, 0.1) is 0 Å². The van der Waals surface area contributed by atoms with Crippen LogP contribution in [0.4, 0.5) is 4.79 Å². The molecule has 0 fully saturated rings. The van der Waals surface area contributed by atoms with Gasteiger partial charge in [-0.25, -0.2) is 4.79 Å². The third-order valence-electron chi connectivity index (χ3n) is 2.63. The molecule has 3 nitrogen and oxygen atoms in total. The highest BCUT2D eigenvalue weighted by atomic mass is 16.7. The fourth-order valence-electron chi connectivity index (χ4n) is 3.10. The number of ether oxygens (including phenoxy) is 2. The number of rotatable bonds is 4. The third kappa shape index (κ3) is 10.1. The summed E-state index contributed by atoms with van der Waals surface area (Å²) in [5.74, 6) is 0. The van der Waals surface area contributed by atoms with Crippen LogP contribution in [0, 0.1) is 10.8 Å². The summed E-state index contributed by atoms with van der Waals surface area (Å²) in [6.45, 7) is 20.5. The molecule has 0 saturated carbocycles. The lowest BCUT2D eigenvalue weighted by atomic mass is 9.83. The van der Waals surface area contributed by atoms with Crippen molar-refractivity contribution in [3.8, 4) is 0 Å². The van der Waals surface area contributed by atoms with Crippen LogP contribution in [0.5, 0.6) is 0 Å². The zero-order chi connectivity index (χ0) is 16.4. The van der Waals surface area contributed by atoms with Crippen molar-refractivity contribution in [2.45, 2.75) is 93.3 Å². The predicted molar refractivity (Wildman–Crippen MR) is 83.9 cm³/mol. The van der Waals surface area contributed by atoms with E-state index in [1.54, 1.807) is 0 Å². The molecule has 0 unspecified atom stereocenters. The summed E-state index contributed by atoms with van der Waals surface area (Å²) >= 11 is 0. The van der Waals surface area contributed by atoms with E-state index in [0.29, 0.717) is 0 Å². The van der Waals surface area contributed by atoms with Crippen molar-refractivity contribution in [2.75, 3.05) is 0 Å². The van der Waals surface area contributed by atoms with Crippen molar-refractivity contribution in [3.05, 3.63) is 0 Å². The second-order valence-corrected chi connectivity index (χ2v) is 9.45. The van der Waals surface area contributed by atoms with E-state index in [1.165, 1.54) is 0 Å². The monoisotopic (exact) mass is 286 g/mol. The number of hydrogen-bond donors (Lipinski definition) is 0. The molecule has 0 aliphatic rings. The molecular weight excluding hydrogens is 252 g/mol. The van der Waals surface area contributed by atoms with E-state index >= 15 is 0 Å². The van der Waals surface area contributed by atoms with Crippen molar-refractivity contribution < 1.29 is 14.3 Å². The van der Waals surface area contributed by atoms with Crippen LogP contribution in [-0.2, 0) is 9.47 Å². The lowest BCUT2D eigenvalue weighted by molar-refractivity contribution is -0.0781. The maximum atomic E-state index is 12.0. The number of hydrogen-bond acceptors (Lipinski definition) is 3. The van der Waals surface area contributed by atoms with Gasteiger partial charge in [0.25, 0.3) is 0 Å². The Kier molecular flexibility index (Phi) is 5.73. The highest BCUT2D eigenvalue weighted by Crippen LogP contribution is 2.32. The first-order chi connectivity index (χ1) is 8.52. The normalized spacial score (nSPS) is 14.1. The molecule has 0 amide bonds. The van der Waals surface area contributed by atoms with Crippen molar-refractivity contribution >= 4 is 6.16 Å². The van der Waals surface area contributed by atoms with Crippen molar-refractivity contribution in [3.63, 3.8) is 0 Å². The van der Waals surface area contributed by atoms with Crippen LogP contribution >= 0.6 is 0 Å². The van der Waals surface area contributed by atoms with E-state index in [1.807, 2.05) is 27.7 Å².